The molecule has 2 aromatic carbocycles. The highest BCUT2D eigenvalue weighted by Gasteiger charge is 2.23. The standard InChI is InChI=1S/C22H21ClFN5O2.C16H12ClFN4.C5H11NO/c1-13-9-16(10-19(23)26-13)18-11-25-21(27-20(18)15-3-5-17(24)6-4-15)28-22(30)29-7-8-31-14(2)12-29;1-9-6-11(7-14(17)21-9)13-8-20-16(19)22-15(13)10-2-4-12(18)5-3-10;1-5-4-6-2-3-7-5/h3-6,9-11,14H,7-8,12H2,1-2H3,(H,25,27,28,30);2-8H,1H3,(H2,19,20,22);5-6H,2-4H2,1H3/t14-;;5-/m1.1/s1. The number of aromatic nitrogens is 6. The van der Waals surface area contributed by atoms with Crippen molar-refractivity contribution in [3.63, 3.8) is 0 Å². The maximum atomic E-state index is 13.5. The lowest BCUT2D eigenvalue weighted by Crippen LogP contribution is -2.46. The third-order valence-electron chi connectivity index (χ3n) is 9.16. The number of ether oxygens (including phenoxy) is 2. The predicted octanol–water partition coefficient (Wildman–Crippen LogP) is 8.44. The van der Waals surface area contributed by atoms with Gasteiger partial charge in [0.2, 0.25) is 11.9 Å². The number of nitrogens with zero attached hydrogens (tertiary/aromatic N) is 7. The summed E-state index contributed by atoms with van der Waals surface area (Å²) >= 11 is 12.2. The fraction of sp³-hybridized carbons (Fsp3) is 0.279. The zero-order valence-electron chi connectivity index (χ0n) is 33.4. The number of carbonyl (C=O) groups excluding carboxylic acids is 1. The van der Waals surface area contributed by atoms with E-state index in [1.807, 2.05) is 32.9 Å². The number of urea groups is 1. The summed E-state index contributed by atoms with van der Waals surface area (Å²) in [5.74, 6) is -0.351. The van der Waals surface area contributed by atoms with Gasteiger partial charge in [-0.1, -0.05) is 23.2 Å². The minimum atomic E-state index is -0.350. The molecule has 17 heteroatoms. The Morgan fingerprint density at radius 1 is 0.750 bits per heavy atom. The highest BCUT2D eigenvalue weighted by Crippen LogP contribution is 2.34. The van der Waals surface area contributed by atoms with Gasteiger partial charge in [-0.3, -0.25) is 5.32 Å². The number of carbonyl (C=O) groups is 1. The van der Waals surface area contributed by atoms with Gasteiger partial charge >= 0.3 is 6.03 Å². The molecule has 2 saturated heterocycles. The largest absolute Gasteiger partial charge is 0.376 e. The average Bonchev–Trinajstić information content (AvgIpc) is 3.21. The van der Waals surface area contributed by atoms with E-state index in [1.54, 1.807) is 53.7 Å². The van der Waals surface area contributed by atoms with Gasteiger partial charge in [-0.15, -0.1) is 0 Å². The fourth-order valence-electron chi connectivity index (χ4n) is 6.36. The van der Waals surface area contributed by atoms with Crippen molar-refractivity contribution < 1.29 is 23.0 Å². The van der Waals surface area contributed by atoms with Gasteiger partial charge in [0, 0.05) is 72.2 Å². The molecule has 2 amide bonds. The molecule has 2 aliphatic rings. The van der Waals surface area contributed by atoms with Gasteiger partial charge in [-0.25, -0.2) is 43.5 Å². The van der Waals surface area contributed by atoms with Crippen molar-refractivity contribution in [1.29, 1.82) is 0 Å². The molecule has 0 aliphatic carbocycles. The molecule has 2 atom stereocenters. The van der Waals surface area contributed by atoms with Gasteiger partial charge in [-0.05, 0) is 112 Å². The van der Waals surface area contributed by atoms with Crippen LogP contribution in [-0.4, -0.2) is 92.4 Å². The Hall–Kier alpha value is -5.71. The number of nitrogens with two attached hydrogens (primary N) is 1. The first-order valence-corrected chi connectivity index (χ1v) is 19.9. The van der Waals surface area contributed by atoms with Gasteiger partial charge in [0.05, 0.1) is 36.8 Å². The molecule has 8 rings (SSSR count). The molecule has 0 spiro atoms. The van der Waals surface area contributed by atoms with Crippen molar-refractivity contribution >= 4 is 41.1 Å². The minimum Gasteiger partial charge on any atom is -0.376 e. The molecule has 13 nitrogen and oxygen atoms in total. The molecule has 4 N–H and O–H groups in total. The van der Waals surface area contributed by atoms with Gasteiger partial charge in [0.1, 0.15) is 21.9 Å². The van der Waals surface area contributed by atoms with Crippen LogP contribution in [0.4, 0.5) is 25.5 Å². The number of morpholine rings is 2. The van der Waals surface area contributed by atoms with Crippen LogP contribution in [0.15, 0.2) is 85.2 Å². The van der Waals surface area contributed by atoms with E-state index in [9.17, 15) is 13.6 Å². The second-order valence-corrected chi connectivity index (χ2v) is 14.8. The van der Waals surface area contributed by atoms with E-state index >= 15 is 0 Å². The lowest BCUT2D eigenvalue weighted by atomic mass is 10.0. The van der Waals surface area contributed by atoms with Crippen LogP contribution in [0.5, 0.6) is 0 Å². The lowest BCUT2D eigenvalue weighted by Gasteiger charge is -2.30. The summed E-state index contributed by atoms with van der Waals surface area (Å²) < 4.78 is 37.3. The second-order valence-electron chi connectivity index (χ2n) is 14.0. The molecule has 6 heterocycles. The number of hydrogen-bond acceptors (Lipinski definition) is 11. The van der Waals surface area contributed by atoms with Crippen LogP contribution in [0.1, 0.15) is 25.2 Å². The summed E-state index contributed by atoms with van der Waals surface area (Å²) in [7, 11) is 0. The van der Waals surface area contributed by atoms with Crippen LogP contribution in [0, 0.1) is 25.5 Å². The molecule has 0 bridgehead atoms. The Morgan fingerprint density at radius 2 is 1.28 bits per heavy atom. The minimum absolute atomic E-state index is 0.0303. The molecule has 2 aliphatic heterocycles. The monoisotopic (exact) mass is 856 g/mol. The van der Waals surface area contributed by atoms with Crippen molar-refractivity contribution in [2.45, 2.75) is 39.9 Å². The lowest BCUT2D eigenvalue weighted by molar-refractivity contribution is -0.00141. The summed E-state index contributed by atoms with van der Waals surface area (Å²) in [4.78, 5) is 39.9. The molecule has 312 valence electrons. The van der Waals surface area contributed by atoms with Crippen LogP contribution < -0.4 is 16.4 Å². The van der Waals surface area contributed by atoms with Crippen LogP contribution in [0.2, 0.25) is 10.3 Å². The maximum absolute atomic E-state index is 13.5. The van der Waals surface area contributed by atoms with E-state index in [-0.39, 0.29) is 35.7 Å². The van der Waals surface area contributed by atoms with Crippen LogP contribution >= 0.6 is 23.2 Å². The van der Waals surface area contributed by atoms with Crippen LogP contribution in [-0.2, 0) is 9.47 Å². The predicted molar refractivity (Wildman–Crippen MR) is 230 cm³/mol. The van der Waals surface area contributed by atoms with Crippen LogP contribution in [0.25, 0.3) is 44.8 Å². The van der Waals surface area contributed by atoms with Crippen molar-refractivity contribution in [2.75, 3.05) is 50.4 Å². The Labute approximate surface area is 356 Å². The number of amides is 2. The van der Waals surface area contributed by atoms with E-state index in [4.69, 9.17) is 38.4 Å². The van der Waals surface area contributed by atoms with E-state index in [2.05, 4.69) is 47.5 Å². The first kappa shape index (κ1) is 43.9. The molecule has 60 heavy (non-hydrogen) atoms. The quantitative estimate of drug-likeness (QED) is 0.143. The number of aryl methyl sites for hydroxylation is 2. The number of benzene rings is 2. The van der Waals surface area contributed by atoms with Gasteiger partial charge in [0.25, 0.3) is 0 Å². The molecule has 0 radical (unpaired) electrons. The van der Waals surface area contributed by atoms with Gasteiger partial charge in [0.15, 0.2) is 0 Å². The second kappa shape index (κ2) is 20.5. The third-order valence-corrected chi connectivity index (χ3v) is 9.55. The summed E-state index contributed by atoms with van der Waals surface area (Å²) in [6.07, 6.45) is 3.64. The van der Waals surface area contributed by atoms with Crippen molar-refractivity contribution in [2.24, 2.45) is 0 Å². The topological polar surface area (TPSA) is 166 Å². The molecular weight excluding hydrogens is 813 g/mol. The Morgan fingerprint density at radius 3 is 1.77 bits per heavy atom. The molecule has 4 aromatic heterocycles. The number of halogens is 4. The Kier molecular flexibility index (Phi) is 15.0. The number of pyridine rings is 2. The summed E-state index contributed by atoms with van der Waals surface area (Å²) in [6, 6.07) is 18.9. The fourth-order valence-corrected chi connectivity index (χ4v) is 6.86. The molecule has 0 unspecified atom stereocenters. The number of nitrogens with one attached hydrogen (secondary N) is 2. The number of hydrogen-bond donors (Lipinski definition) is 3. The van der Waals surface area contributed by atoms with Crippen molar-refractivity contribution in [3.05, 3.63) is 119 Å². The first-order valence-electron chi connectivity index (χ1n) is 19.1. The Balaban J connectivity index is 0.000000180. The summed E-state index contributed by atoms with van der Waals surface area (Å²) in [5.41, 5.74) is 12.9. The normalized spacial score (nSPS) is 16.2. The first-order chi connectivity index (χ1) is 28.8. The molecule has 0 saturated carbocycles. The number of nitrogen functional groups attached to an aromatic ring is 1. The van der Waals surface area contributed by atoms with E-state index in [0.717, 1.165) is 53.3 Å². The maximum Gasteiger partial charge on any atom is 0.324 e. The summed E-state index contributed by atoms with van der Waals surface area (Å²) in [5, 5.41) is 6.69. The molecular formula is C43H44Cl2F2N10O3. The van der Waals surface area contributed by atoms with E-state index in [0.29, 0.717) is 58.6 Å². The smallest absolute Gasteiger partial charge is 0.324 e. The van der Waals surface area contributed by atoms with Gasteiger partial charge < -0.3 is 25.4 Å². The Bertz CT molecular complexity index is 2370. The van der Waals surface area contributed by atoms with Crippen molar-refractivity contribution in [1.82, 2.24) is 40.1 Å². The van der Waals surface area contributed by atoms with Crippen molar-refractivity contribution in [3.8, 4) is 44.8 Å². The highest BCUT2D eigenvalue weighted by molar-refractivity contribution is 6.30. The van der Waals surface area contributed by atoms with E-state index < -0.39 is 0 Å². The molecule has 2 fully saturated rings. The third kappa shape index (κ3) is 12.2. The molecule has 6 aromatic rings. The van der Waals surface area contributed by atoms with Gasteiger partial charge in [-0.2, -0.15) is 0 Å². The number of rotatable bonds is 5. The SMILES string of the molecule is C[C@@H]1CNCCO1.Cc1cc(-c2cnc(N)nc2-c2ccc(F)cc2)cc(Cl)n1.Cc1cc(-c2cnc(NC(=O)N3CCO[C@H](C)C3)nc2-c2ccc(F)cc2)cc(Cl)n1. The van der Waals surface area contributed by atoms with E-state index in [1.165, 1.54) is 24.3 Å². The average molecular weight is 858 g/mol. The zero-order chi connectivity index (χ0) is 42.8. The number of anilines is 2. The van der Waals surface area contributed by atoms with Crippen LogP contribution in [0.3, 0.4) is 0 Å². The zero-order valence-corrected chi connectivity index (χ0v) is 34.9. The highest BCUT2D eigenvalue weighted by atomic mass is 35.5. The summed E-state index contributed by atoms with van der Waals surface area (Å²) in [6.45, 7) is 12.1.